The molecule has 0 aliphatic carbocycles. The molecule has 5 nitrogen and oxygen atoms in total. The number of nitrogens with zero attached hydrogens (tertiary/aromatic N) is 1. The summed E-state index contributed by atoms with van der Waals surface area (Å²) >= 11 is 1.27. The van der Waals surface area contributed by atoms with Gasteiger partial charge in [-0.25, -0.2) is 0 Å². The lowest BCUT2D eigenvalue weighted by Crippen LogP contribution is -2.09. The van der Waals surface area contributed by atoms with Crippen molar-refractivity contribution >= 4 is 23.7 Å². The number of hydrogen-bond acceptors (Lipinski definition) is 4. The molecular formula is C19H26F3NO4S. The molecule has 2 N–H and O–H groups in total. The van der Waals surface area contributed by atoms with Gasteiger partial charge in [-0.3, -0.25) is 14.6 Å². The molecule has 1 atom stereocenters. The number of unbranched alkanes of at least 4 members (excludes halogenated alkanes) is 4. The highest BCUT2D eigenvalue weighted by atomic mass is 32.2. The van der Waals surface area contributed by atoms with Gasteiger partial charge in [0.2, 0.25) is 0 Å². The highest BCUT2D eigenvalue weighted by molar-refractivity contribution is 7.99. The summed E-state index contributed by atoms with van der Waals surface area (Å²) in [4.78, 5) is 26.2. The molecule has 0 bridgehead atoms. The number of carbonyl (C=O) groups is 2. The Morgan fingerprint density at radius 1 is 1.07 bits per heavy atom. The van der Waals surface area contributed by atoms with E-state index in [0.29, 0.717) is 24.3 Å². The number of carboxylic acids is 2. The standard InChI is InChI=1S/C19H26F3NO4S/c20-19(21,22)10-5-3-1-2-4-7-14-8-6-11-23-18(14)15(13-17(26)27)28-12-9-16(24)25/h6,8,11,15H,1-5,7,9-10,12-13H2,(H,24,25)(H,26,27). The molecule has 0 saturated carbocycles. The molecule has 1 rings (SSSR count). The van der Waals surface area contributed by atoms with Gasteiger partial charge in [-0.1, -0.05) is 25.3 Å². The van der Waals surface area contributed by atoms with Gasteiger partial charge in [-0.2, -0.15) is 24.9 Å². The maximum atomic E-state index is 12.1. The average molecular weight is 421 g/mol. The zero-order chi connectivity index (χ0) is 21.0. The van der Waals surface area contributed by atoms with Gasteiger partial charge >= 0.3 is 18.1 Å². The highest BCUT2D eigenvalue weighted by Crippen LogP contribution is 2.34. The van der Waals surface area contributed by atoms with Gasteiger partial charge in [-0.05, 0) is 30.9 Å². The lowest BCUT2D eigenvalue weighted by Gasteiger charge is -2.17. The topological polar surface area (TPSA) is 87.5 Å². The van der Waals surface area contributed by atoms with E-state index in [-0.39, 0.29) is 19.3 Å². The van der Waals surface area contributed by atoms with E-state index >= 15 is 0 Å². The number of carboxylic acid groups (broad SMARTS) is 2. The normalized spacial score (nSPS) is 12.7. The molecular weight excluding hydrogens is 395 g/mol. The number of alkyl halides is 3. The zero-order valence-corrected chi connectivity index (χ0v) is 16.4. The second-order valence-electron chi connectivity index (χ2n) is 6.53. The van der Waals surface area contributed by atoms with Gasteiger partial charge in [0.15, 0.2) is 0 Å². The van der Waals surface area contributed by atoms with Crippen molar-refractivity contribution in [2.75, 3.05) is 5.75 Å². The van der Waals surface area contributed by atoms with E-state index in [2.05, 4.69) is 4.98 Å². The van der Waals surface area contributed by atoms with Crippen LogP contribution < -0.4 is 0 Å². The first-order valence-electron chi connectivity index (χ1n) is 9.25. The van der Waals surface area contributed by atoms with E-state index < -0.39 is 29.8 Å². The fraction of sp³-hybridized carbons (Fsp3) is 0.632. The van der Waals surface area contributed by atoms with Crippen LogP contribution in [0.25, 0.3) is 0 Å². The quantitative estimate of drug-likeness (QED) is 0.399. The second kappa shape index (κ2) is 12.6. The fourth-order valence-electron chi connectivity index (χ4n) is 2.80. The Kier molecular flexibility index (Phi) is 11.0. The van der Waals surface area contributed by atoms with Crippen molar-refractivity contribution in [2.24, 2.45) is 0 Å². The number of thioether (sulfide) groups is 1. The van der Waals surface area contributed by atoms with Gasteiger partial charge in [0.1, 0.15) is 0 Å². The van der Waals surface area contributed by atoms with Crippen LogP contribution in [0.15, 0.2) is 18.3 Å². The SMILES string of the molecule is O=C(O)CCSC(CC(=O)O)c1ncccc1CCCCCCCC(F)(F)F. The molecule has 1 aromatic rings. The summed E-state index contributed by atoms with van der Waals surface area (Å²) in [7, 11) is 0. The molecule has 0 aliphatic rings. The first-order valence-corrected chi connectivity index (χ1v) is 10.3. The van der Waals surface area contributed by atoms with Crippen molar-refractivity contribution in [1.82, 2.24) is 4.98 Å². The van der Waals surface area contributed by atoms with E-state index in [4.69, 9.17) is 10.2 Å². The third-order valence-corrected chi connectivity index (χ3v) is 5.36. The monoisotopic (exact) mass is 421 g/mol. The highest BCUT2D eigenvalue weighted by Gasteiger charge is 2.25. The van der Waals surface area contributed by atoms with Crippen molar-refractivity contribution in [2.45, 2.75) is 69.2 Å². The van der Waals surface area contributed by atoms with Gasteiger partial charge < -0.3 is 10.2 Å². The molecule has 0 aromatic carbocycles. The Hall–Kier alpha value is -1.77. The van der Waals surface area contributed by atoms with Crippen molar-refractivity contribution in [3.05, 3.63) is 29.6 Å². The molecule has 0 spiro atoms. The summed E-state index contributed by atoms with van der Waals surface area (Å²) in [5.74, 6) is -1.62. The summed E-state index contributed by atoms with van der Waals surface area (Å²) < 4.78 is 36.3. The Balaban J connectivity index is 2.55. The number of hydrogen-bond donors (Lipinski definition) is 2. The van der Waals surface area contributed by atoms with E-state index in [1.165, 1.54) is 11.8 Å². The second-order valence-corrected chi connectivity index (χ2v) is 7.84. The molecule has 1 aromatic heterocycles. The minimum atomic E-state index is -4.10. The number of aryl methyl sites for hydroxylation is 1. The molecule has 1 heterocycles. The maximum absolute atomic E-state index is 12.1. The van der Waals surface area contributed by atoms with Gasteiger partial charge in [-0.15, -0.1) is 0 Å². The Bertz CT molecular complexity index is 625. The predicted octanol–water partition coefficient (Wildman–Crippen LogP) is 5.25. The van der Waals surface area contributed by atoms with Crippen LogP contribution in [-0.4, -0.2) is 39.1 Å². The van der Waals surface area contributed by atoms with Crippen LogP contribution in [0.4, 0.5) is 13.2 Å². The maximum Gasteiger partial charge on any atom is 0.389 e. The third kappa shape index (κ3) is 11.2. The van der Waals surface area contributed by atoms with Crippen molar-refractivity contribution in [3.8, 4) is 0 Å². The van der Waals surface area contributed by atoms with Gasteiger partial charge in [0.05, 0.1) is 23.8 Å². The molecule has 0 aliphatic heterocycles. The van der Waals surface area contributed by atoms with Crippen LogP contribution in [0.2, 0.25) is 0 Å². The molecule has 158 valence electrons. The summed E-state index contributed by atoms with van der Waals surface area (Å²) in [6.45, 7) is 0. The van der Waals surface area contributed by atoms with Crippen LogP contribution in [0.1, 0.15) is 67.9 Å². The van der Waals surface area contributed by atoms with Crippen LogP contribution in [0, 0.1) is 0 Å². The van der Waals surface area contributed by atoms with E-state index in [9.17, 15) is 22.8 Å². The van der Waals surface area contributed by atoms with E-state index in [0.717, 1.165) is 24.8 Å². The first kappa shape index (κ1) is 24.3. The molecule has 0 saturated heterocycles. The van der Waals surface area contributed by atoms with Crippen LogP contribution >= 0.6 is 11.8 Å². The Morgan fingerprint density at radius 3 is 2.39 bits per heavy atom. The average Bonchev–Trinajstić information content (AvgIpc) is 2.59. The van der Waals surface area contributed by atoms with Crippen molar-refractivity contribution < 1.29 is 33.0 Å². The number of aromatic nitrogens is 1. The first-order chi connectivity index (χ1) is 13.2. The van der Waals surface area contributed by atoms with Gasteiger partial charge in [0.25, 0.3) is 0 Å². The van der Waals surface area contributed by atoms with Crippen molar-refractivity contribution in [3.63, 3.8) is 0 Å². The molecule has 9 heteroatoms. The lowest BCUT2D eigenvalue weighted by atomic mass is 10.0. The summed E-state index contributed by atoms with van der Waals surface area (Å²) in [5, 5.41) is 17.5. The van der Waals surface area contributed by atoms with E-state index in [1.807, 2.05) is 6.07 Å². The smallest absolute Gasteiger partial charge is 0.389 e. The van der Waals surface area contributed by atoms with Crippen molar-refractivity contribution in [1.29, 1.82) is 0 Å². The molecule has 0 amide bonds. The molecule has 0 radical (unpaired) electrons. The minimum Gasteiger partial charge on any atom is -0.481 e. The fourth-order valence-corrected chi connectivity index (χ4v) is 4.01. The molecule has 1 unspecified atom stereocenters. The Labute approximate surface area is 166 Å². The summed E-state index contributed by atoms with van der Waals surface area (Å²) in [6.07, 6.45) is 0.179. The zero-order valence-electron chi connectivity index (χ0n) is 15.6. The predicted molar refractivity (Wildman–Crippen MR) is 101 cm³/mol. The minimum absolute atomic E-state index is 0.0547. The van der Waals surface area contributed by atoms with Crippen LogP contribution in [-0.2, 0) is 16.0 Å². The largest absolute Gasteiger partial charge is 0.481 e. The van der Waals surface area contributed by atoms with Crippen LogP contribution in [0.5, 0.6) is 0 Å². The third-order valence-electron chi connectivity index (χ3n) is 4.13. The van der Waals surface area contributed by atoms with E-state index in [1.54, 1.807) is 12.3 Å². The summed E-state index contributed by atoms with van der Waals surface area (Å²) in [5.41, 5.74) is 1.56. The van der Waals surface area contributed by atoms with Crippen LogP contribution in [0.3, 0.4) is 0 Å². The number of aliphatic carboxylic acids is 2. The summed E-state index contributed by atoms with van der Waals surface area (Å²) in [6, 6.07) is 3.64. The number of pyridine rings is 1. The number of halogens is 3. The molecule has 0 fully saturated rings. The molecule has 28 heavy (non-hydrogen) atoms. The Morgan fingerprint density at radius 2 is 1.75 bits per heavy atom. The lowest BCUT2D eigenvalue weighted by molar-refractivity contribution is -0.137. The van der Waals surface area contributed by atoms with Gasteiger partial charge in [0, 0.05) is 18.4 Å². The number of rotatable bonds is 14.